The second-order valence-corrected chi connectivity index (χ2v) is 7.78. The Morgan fingerprint density at radius 1 is 0.967 bits per heavy atom. The molecule has 158 valence electrons. The minimum absolute atomic E-state index is 0.342. The van der Waals surface area contributed by atoms with Crippen LogP contribution in [0.1, 0.15) is 47.0 Å². The zero-order valence-electron chi connectivity index (χ0n) is 17.5. The number of hydrogen-bond donors (Lipinski definition) is 0. The van der Waals surface area contributed by atoms with Crippen molar-refractivity contribution in [2.24, 2.45) is 0 Å². The number of nitrogens with zero attached hydrogens (tertiary/aromatic N) is 2. The quantitative estimate of drug-likeness (QED) is 0.360. The Kier molecular flexibility index (Phi) is 7.15. The van der Waals surface area contributed by atoms with Gasteiger partial charge in [0.1, 0.15) is 21.5 Å². The molecule has 7 nitrogen and oxygen atoms in total. The molecule has 0 atom stereocenters. The van der Waals surface area contributed by atoms with Crippen molar-refractivity contribution in [2.75, 3.05) is 21.3 Å². The topological polar surface area (TPSA) is 79.8 Å². The van der Waals surface area contributed by atoms with Gasteiger partial charge in [-0.1, -0.05) is 25.2 Å². The number of carbonyl (C=O) groups is 1. The van der Waals surface area contributed by atoms with Crippen molar-refractivity contribution in [1.82, 2.24) is 10.2 Å². The normalized spacial score (nSPS) is 11.2. The number of benzene rings is 2. The first-order chi connectivity index (χ1) is 14.5. The summed E-state index contributed by atoms with van der Waals surface area (Å²) in [5.74, 6) is 0.929. The number of carbonyl (C=O) groups excluding carboxylic acids is 1. The summed E-state index contributed by atoms with van der Waals surface area (Å²) >= 11 is 1.58. The fourth-order valence-corrected chi connectivity index (χ4v) is 3.64. The van der Waals surface area contributed by atoms with Crippen LogP contribution >= 0.6 is 11.3 Å². The number of ether oxygens (including phenoxy) is 4. The maximum atomic E-state index is 11.9. The Labute approximate surface area is 179 Å². The third kappa shape index (κ3) is 4.84. The van der Waals surface area contributed by atoms with Crippen molar-refractivity contribution in [2.45, 2.75) is 26.1 Å². The SMILES string of the molecule is COC(=O)c1ccc(C(OC)OC)c(Oc2ccc(-c3nnc(C(C)C)s3)cc2)c1. The summed E-state index contributed by atoms with van der Waals surface area (Å²) in [7, 11) is 4.41. The lowest BCUT2D eigenvalue weighted by molar-refractivity contribution is -0.106. The zero-order valence-corrected chi connectivity index (χ0v) is 18.4. The van der Waals surface area contributed by atoms with Gasteiger partial charge >= 0.3 is 5.97 Å². The minimum Gasteiger partial charge on any atom is -0.465 e. The predicted octanol–water partition coefficient (Wildman–Crippen LogP) is 5.20. The van der Waals surface area contributed by atoms with E-state index in [9.17, 15) is 4.79 Å². The van der Waals surface area contributed by atoms with E-state index in [1.54, 1.807) is 29.5 Å². The summed E-state index contributed by atoms with van der Waals surface area (Å²) in [5, 5.41) is 10.4. The number of aromatic nitrogens is 2. The van der Waals surface area contributed by atoms with E-state index in [0.717, 1.165) is 15.6 Å². The second-order valence-electron chi connectivity index (χ2n) is 6.77. The maximum Gasteiger partial charge on any atom is 0.337 e. The molecule has 0 amide bonds. The zero-order chi connectivity index (χ0) is 21.7. The van der Waals surface area contributed by atoms with Gasteiger partial charge in [-0.25, -0.2) is 4.79 Å². The first-order valence-electron chi connectivity index (χ1n) is 9.36. The van der Waals surface area contributed by atoms with E-state index in [1.807, 2.05) is 24.3 Å². The van der Waals surface area contributed by atoms with Gasteiger partial charge in [-0.15, -0.1) is 10.2 Å². The lowest BCUT2D eigenvalue weighted by atomic mass is 10.1. The molecule has 0 N–H and O–H groups in total. The van der Waals surface area contributed by atoms with E-state index in [1.165, 1.54) is 21.3 Å². The van der Waals surface area contributed by atoms with Crippen molar-refractivity contribution < 1.29 is 23.7 Å². The van der Waals surface area contributed by atoms with Crippen molar-refractivity contribution in [3.05, 3.63) is 58.6 Å². The Balaban J connectivity index is 1.89. The molecule has 0 bridgehead atoms. The Morgan fingerprint density at radius 2 is 1.67 bits per heavy atom. The molecule has 0 saturated carbocycles. The summed E-state index contributed by atoms with van der Waals surface area (Å²) in [5.41, 5.74) is 1.98. The first-order valence-corrected chi connectivity index (χ1v) is 10.2. The van der Waals surface area contributed by atoms with Crippen LogP contribution in [0, 0.1) is 0 Å². The molecular formula is C22H24N2O5S. The van der Waals surface area contributed by atoms with E-state index in [2.05, 4.69) is 24.0 Å². The Morgan fingerprint density at radius 3 is 2.23 bits per heavy atom. The van der Waals surface area contributed by atoms with Gasteiger partial charge in [0.05, 0.1) is 18.2 Å². The van der Waals surface area contributed by atoms with E-state index < -0.39 is 12.3 Å². The number of esters is 1. The number of rotatable bonds is 8. The molecule has 1 aromatic heterocycles. The predicted molar refractivity (Wildman–Crippen MR) is 114 cm³/mol. The third-order valence-corrected chi connectivity index (χ3v) is 5.65. The molecule has 3 rings (SSSR count). The molecule has 0 saturated heterocycles. The standard InChI is InChI=1S/C22H24N2O5S/c1-13(2)19-23-24-20(30-19)14-6-9-16(10-7-14)29-18-12-15(21(25)26-3)8-11-17(18)22(27-4)28-5/h6-13,22H,1-5H3. The Bertz CT molecular complexity index is 997. The van der Waals surface area contributed by atoms with Crippen LogP contribution < -0.4 is 4.74 Å². The smallest absolute Gasteiger partial charge is 0.337 e. The molecule has 0 aliphatic carbocycles. The molecule has 8 heteroatoms. The Hall–Kier alpha value is -2.81. The molecule has 30 heavy (non-hydrogen) atoms. The highest BCUT2D eigenvalue weighted by molar-refractivity contribution is 7.14. The third-order valence-electron chi connectivity index (χ3n) is 4.38. The van der Waals surface area contributed by atoms with Gasteiger partial charge in [-0.2, -0.15) is 0 Å². The van der Waals surface area contributed by atoms with Crippen molar-refractivity contribution in [1.29, 1.82) is 0 Å². The fourth-order valence-electron chi connectivity index (χ4n) is 2.79. The van der Waals surface area contributed by atoms with Crippen LogP contribution in [0.5, 0.6) is 11.5 Å². The molecule has 2 aromatic carbocycles. The second kappa shape index (κ2) is 9.80. The molecule has 0 aliphatic rings. The van der Waals surface area contributed by atoms with E-state index in [4.69, 9.17) is 18.9 Å². The lowest BCUT2D eigenvalue weighted by Crippen LogP contribution is -2.08. The van der Waals surface area contributed by atoms with Gasteiger partial charge in [0.15, 0.2) is 6.29 Å². The van der Waals surface area contributed by atoms with Crippen LogP contribution in [-0.2, 0) is 14.2 Å². The molecular weight excluding hydrogens is 404 g/mol. The number of methoxy groups -OCH3 is 3. The van der Waals surface area contributed by atoms with Crippen LogP contribution in [0.15, 0.2) is 42.5 Å². The van der Waals surface area contributed by atoms with Crippen molar-refractivity contribution in [3.8, 4) is 22.1 Å². The maximum absolute atomic E-state index is 11.9. The van der Waals surface area contributed by atoms with Crippen LogP contribution in [0.3, 0.4) is 0 Å². The van der Waals surface area contributed by atoms with Gasteiger partial charge in [0.25, 0.3) is 0 Å². The lowest BCUT2D eigenvalue weighted by Gasteiger charge is -2.18. The average molecular weight is 429 g/mol. The number of hydrogen-bond acceptors (Lipinski definition) is 8. The summed E-state index contributed by atoms with van der Waals surface area (Å²) in [6, 6.07) is 12.5. The highest BCUT2D eigenvalue weighted by Gasteiger charge is 2.19. The van der Waals surface area contributed by atoms with Gasteiger partial charge in [0, 0.05) is 25.7 Å². The summed E-state index contributed by atoms with van der Waals surface area (Å²) < 4.78 is 21.6. The fraction of sp³-hybridized carbons (Fsp3) is 0.318. The van der Waals surface area contributed by atoms with Crippen LogP contribution in [0.25, 0.3) is 10.6 Å². The first kappa shape index (κ1) is 21.9. The molecule has 0 unspecified atom stereocenters. The summed E-state index contributed by atoms with van der Waals surface area (Å²) in [6.07, 6.45) is -0.637. The van der Waals surface area contributed by atoms with E-state index in [-0.39, 0.29) is 0 Å². The molecule has 0 fully saturated rings. The average Bonchev–Trinajstić information content (AvgIpc) is 3.26. The van der Waals surface area contributed by atoms with Gasteiger partial charge < -0.3 is 18.9 Å². The molecule has 1 heterocycles. The molecule has 0 spiro atoms. The molecule has 0 radical (unpaired) electrons. The van der Waals surface area contributed by atoms with Crippen molar-refractivity contribution >= 4 is 17.3 Å². The van der Waals surface area contributed by atoms with Gasteiger partial charge in [0.2, 0.25) is 0 Å². The minimum atomic E-state index is -0.637. The largest absolute Gasteiger partial charge is 0.465 e. The van der Waals surface area contributed by atoms with E-state index in [0.29, 0.717) is 28.5 Å². The van der Waals surface area contributed by atoms with Crippen LogP contribution in [-0.4, -0.2) is 37.5 Å². The van der Waals surface area contributed by atoms with Crippen LogP contribution in [0.4, 0.5) is 0 Å². The van der Waals surface area contributed by atoms with Gasteiger partial charge in [-0.3, -0.25) is 0 Å². The summed E-state index contributed by atoms with van der Waals surface area (Å²) in [6.45, 7) is 4.18. The molecule has 0 aliphatic heterocycles. The monoisotopic (exact) mass is 428 g/mol. The van der Waals surface area contributed by atoms with Gasteiger partial charge in [-0.05, 0) is 42.5 Å². The highest BCUT2D eigenvalue weighted by atomic mass is 32.1. The highest BCUT2D eigenvalue weighted by Crippen LogP contribution is 2.34. The van der Waals surface area contributed by atoms with E-state index >= 15 is 0 Å². The molecule has 3 aromatic rings. The van der Waals surface area contributed by atoms with Crippen LogP contribution in [0.2, 0.25) is 0 Å². The summed E-state index contributed by atoms with van der Waals surface area (Å²) in [4.78, 5) is 11.9. The van der Waals surface area contributed by atoms with Crippen molar-refractivity contribution in [3.63, 3.8) is 0 Å².